The van der Waals surface area contributed by atoms with Crippen LogP contribution in [0.2, 0.25) is 0 Å². The van der Waals surface area contributed by atoms with Crippen LogP contribution in [0.3, 0.4) is 0 Å². The lowest BCUT2D eigenvalue weighted by Gasteiger charge is -2.24. The highest BCUT2D eigenvalue weighted by atomic mass is 32.2. The molecule has 1 fully saturated rings. The van der Waals surface area contributed by atoms with Crippen molar-refractivity contribution < 1.29 is 14.4 Å². The van der Waals surface area contributed by atoms with Gasteiger partial charge in [0.1, 0.15) is 5.37 Å². The Kier molecular flexibility index (Phi) is 8.26. The van der Waals surface area contributed by atoms with E-state index in [1.54, 1.807) is 48.2 Å². The smallest absolute Gasteiger partial charge is 0.255 e. The summed E-state index contributed by atoms with van der Waals surface area (Å²) in [7, 11) is 0. The van der Waals surface area contributed by atoms with Gasteiger partial charge in [0.25, 0.3) is 11.8 Å². The van der Waals surface area contributed by atoms with Crippen molar-refractivity contribution in [3.05, 3.63) is 131 Å². The molecule has 0 radical (unpaired) electrons. The Bertz CT molecular complexity index is 1550. The molecule has 1 aliphatic rings. The molecule has 0 bridgehead atoms. The molecule has 1 aliphatic heterocycles. The third-order valence-electron chi connectivity index (χ3n) is 7.01. The topological polar surface area (TPSA) is 78.5 Å². The lowest BCUT2D eigenvalue weighted by molar-refractivity contribution is -0.128. The van der Waals surface area contributed by atoms with Crippen LogP contribution < -0.4 is 10.6 Å². The van der Waals surface area contributed by atoms with Crippen LogP contribution in [0.5, 0.6) is 0 Å². The molecule has 1 saturated heterocycles. The van der Waals surface area contributed by atoms with Gasteiger partial charge in [-0.3, -0.25) is 14.4 Å². The van der Waals surface area contributed by atoms with Gasteiger partial charge in [0, 0.05) is 29.0 Å². The predicted molar refractivity (Wildman–Crippen MR) is 166 cm³/mol. The van der Waals surface area contributed by atoms with Crippen molar-refractivity contribution in [2.45, 2.75) is 38.1 Å². The van der Waals surface area contributed by atoms with Crippen LogP contribution in [-0.4, -0.2) is 28.4 Å². The number of nitrogens with one attached hydrogen (secondary N) is 2. The maximum absolute atomic E-state index is 13.0. The van der Waals surface area contributed by atoms with E-state index in [1.165, 1.54) is 0 Å². The van der Waals surface area contributed by atoms with Gasteiger partial charge >= 0.3 is 0 Å². The number of carbonyl (C=O) groups excluding carboxylic acids is 3. The lowest BCUT2D eigenvalue weighted by Crippen LogP contribution is -2.27. The Balaban J connectivity index is 1.22. The van der Waals surface area contributed by atoms with Gasteiger partial charge in [0.05, 0.1) is 5.75 Å². The summed E-state index contributed by atoms with van der Waals surface area (Å²) in [5.74, 6) is 0.0808. The number of carbonyl (C=O) groups is 3. The van der Waals surface area contributed by atoms with Crippen molar-refractivity contribution >= 4 is 40.9 Å². The predicted octanol–water partition coefficient (Wildman–Crippen LogP) is 7.26. The molecule has 7 heteroatoms. The van der Waals surface area contributed by atoms with E-state index in [9.17, 15) is 14.4 Å². The van der Waals surface area contributed by atoms with E-state index in [2.05, 4.69) is 31.4 Å². The quantitative estimate of drug-likeness (QED) is 0.248. The number of rotatable bonds is 7. The minimum atomic E-state index is -0.255. The van der Waals surface area contributed by atoms with E-state index in [1.807, 2.05) is 71.6 Å². The molecule has 0 aromatic heterocycles. The van der Waals surface area contributed by atoms with Crippen molar-refractivity contribution in [2.24, 2.45) is 0 Å². The zero-order valence-electron chi connectivity index (χ0n) is 23.4. The summed E-state index contributed by atoms with van der Waals surface area (Å²) in [6.07, 6.45) is 0. The Labute approximate surface area is 245 Å². The molecule has 208 valence electrons. The van der Waals surface area contributed by atoms with E-state index >= 15 is 0 Å². The van der Waals surface area contributed by atoms with Crippen LogP contribution in [-0.2, 0) is 16.8 Å². The number of anilines is 2. The second kappa shape index (κ2) is 12.0. The average Bonchev–Trinajstić information content (AvgIpc) is 3.33. The van der Waals surface area contributed by atoms with Gasteiger partial charge < -0.3 is 15.5 Å². The number of thioether (sulfide) groups is 1. The molecule has 1 heterocycles. The van der Waals surface area contributed by atoms with Crippen molar-refractivity contribution in [3.8, 4) is 0 Å². The summed E-state index contributed by atoms with van der Waals surface area (Å²) in [4.78, 5) is 40.3. The molecule has 5 rings (SSSR count). The molecule has 0 aliphatic carbocycles. The molecule has 0 spiro atoms. The van der Waals surface area contributed by atoms with Gasteiger partial charge in [-0.1, -0.05) is 81.4 Å². The average molecular weight is 564 g/mol. The molecular weight excluding hydrogens is 530 g/mol. The zero-order chi connectivity index (χ0) is 29.0. The first kappa shape index (κ1) is 28.2. The summed E-state index contributed by atoms with van der Waals surface area (Å²) in [5, 5.41) is 5.73. The monoisotopic (exact) mass is 563 g/mol. The fourth-order valence-electron chi connectivity index (χ4n) is 4.68. The summed E-state index contributed by atoms with van der Waals surface area (Å²) in [6, 6.07) is 32.0. The first-order valence-corrected chi connectivity index (χ1v) is 14.6. The first-order chi connectivity index (χ1) is 19.7. The van der Waals surface area contributed by atoms with E-state index in [-0.39, 0.29) is 28.5 Å². The molecule has 0 unspecified atom stereocenters. The van der Waals surface area contributed by atoms with E-state index in [0.717, 1.165) is 16.7 Å². The number of amides is 3. The van der Waals surface area contributed by atoms with Crippen molar-refractivity contribution in [2.75, 3.05) is 16.4 Å². The van der Waals surface area contributed by atoms with Gasteiger partial charge in [-0.25, -0.2) is 0 Å². The van der Waals surface area contributed by atoms with Crippen molar-refractivity contribution in [1.82, 2.24) is 4.90 Å². The maximum atomic E-state index is 13.0. The van der Waals surface area contributed by atoms with Crippen LogP contribution in [0.15, 0.2) is 103 Å². The van der Waals surface area contributed by atoms with Gasteiger partial charge in [-0.2, -0.15) is 0 Å². The largest absolute Gasteiger partial charge is 0.322 e. The minimum Gasteiger partial charge on any atom is -0.322 e. The Morgan fingerprint density at radius 1 is 0.780 bits per heavy atom. The van der Waals surface area contributed by atoms with Crippen LogP contribution in [0.1, 0.15) is 63.6 Å². The van der Waals surface area contributed by atoms with E-state index in [4.69, 9.17) is 0 Å². The number of hydrogen-bond acceptors (Lipinski definition) is 4. The molecular formula is C34H33N3O3S. The van der Waals surface area contributed by atoms with Crippen LogP contribution in [0, 0.1) is 0 Å². The molecule has 6 nitrogen and oxygen atoms in total. The van der Waals surface area contributed by atoms with Gasteiger partial charge in [0.2, 0.25) is 5.91 Å². The van der Waals surface area contributed by atoms with Gasteiger partial charge in [0.15, 0.2) is 0 Å². The van der Waals surface area contributed by atoms with Crippen LogP contribution >= 0.6 is 11.8 Å². The molecule has 4 aromatic rings. The third kappa shape index (κ3) is 6.87. The molecule has 41 heavy (non-hydrogen) atoms. The highest BCUT2D eigenvalue weighted by Gasteiger charge is 2.32. The van der Waals surface area contributed by atoms with Crippen LogP contribution in [0.4, 0.5) is 11.4 Å². The van der Waals surface area contributed by atoms with Crippen molar-refractivity contribution in [1.29, 1.82) is 0 Å². The molecule has 0 saturated carbocycles. The standard InChI is InChI=1S/C34H33N3O3S/c1-34(2,3)27-18-16-25(17-19-27)32(40)36-29-11-7-10-28(20-29)35-31(39)24-12-14-26(15-13-24)33-37(30(38)22-41-33)21-23-8-5-4-6-9-23/h4-20,33H,21-22H2,1-3H3,(H,35,39)(H,36,40)/t33-/m1/s1. The summed E-state index contributed by atoms with van der Waals surface area (Å²) < 4.78 is 0. The summed E-state index contributed by atoms with van der Waals surface area (Å²) in [6.45, 7) is 6.95. The van der Waals surface area contributed by atoms with E-state index < -0.39 is 0 Å². The number of nitrogens with zero attached hydrogens (tertiary/aromatic N) is 1. The fraction of sp³-hybridized carbons (Fsp3) is 0.206. The Morgan fingerprint density at radius 3 is 1.90 bits per heavy atom. The second-order valence-corrected chi connectivity index (χ2v) is 12.2. The van der Waals surface area contributed by atoms with Crippen LogP contribution in [0.25, 0.3) is 0 Å². The normalized spacial score (nSPS) is 15.0. The zero-order valence-corrected chi connectivity index (χ0v) is 24.2. The van der Waals surface area contributed by atoms with Gasteiger partial charge in [-0.05, 0) is 64.6 Å². The second-order valence-electron chi connectivity index (χ2n) is 11.1. The highest BCUT2D eigenvalue weighted by Crippen LogP contribution is 2.39. The number of hydrogen-bond donors (Lipinski definition) is 2. The first-order valence-electron chi connectivity index (χ1n) is 13.6. The molecule has 1 atom stereocenters. The Morgan fingerprint density at radius 2 is 1.34 bits per heavy atom. The SMILES string of the molecule is CC(C)(C)c1ccc(C(=O)Nc2cccc(NC(=O)c3ccc([C@H]4SCC(=O)N4Cc4ccccc4)cc3)c2)cc1. The third-order valence-corrected chi connectivity index (χ3v) is 8.27. The maximum Gasteiger partial charge on any atom is 0.255 e. The molecule has 2 N–H and O–H groups in total. The Hall–Kier alpha value is -4.36. The lowest BCUT2D eigenvalue weighted by atomic mass is 9.87. The molecule has 3 amide bonds. The minimum absolute atomic E-state index is 0.0130. The summed E-state index contributed by atoms with van der Waals surface area (Å²) >= 11 is 1.60. The highest BCUT2D eigenvalue weighted by molar-refractivity contribution is 8.00. The van der Waals surface area contributed by atoms with Crippen molar-refractivity contribution in [3.63, 3.8) is 0 Å². The van der Waals surface area contributed by atoms with Gasteiger partial charge in [-0.15, -0.1) is 11.8 Å². The fourth-order valence-corrected chi connectivity index (χ4v) is 5.87. The van der Waals surface area contributed by atoms with E-state index in [0.29, 0.717) is 34.8 Å². The number of benzene rings is 4. The molecule has 4 aromatic carbocycles. The summed E-state index contributed by atoms with van der Waals surface area (Å²) in [5.41, 5.74) is 5.47.